The van der Waals surface area contributed by atoms with Gasteiger partial charge in [0.15, 0.2) is 0 Å². The van der Waals surface area contributed by atoms with Gasteiger partial charge in [-0.25, -0.2) is 4.98 Å². The Kier molecular flexibility index (Phi) is 2.85. The molecule has 4 heteroatoms. The molecular weight excluding hydrogens is 154 g/mol. The number of hydrogen-bond donors (Lipinski definition) is 1. The molecule has 0 aliphatic heterocycles. The van der Waals surface area contributed by atoms with Gasteiger partial charge in [-0.15, -0.1) is 0 Å². The predicted molar refractivity (Wildman–Crippen MR) is 45.8 cm³/mol. The number of imidazole rings is 1. The molecule has 1 heterocycles. The third kappa shape index (κ3) is 1.84. The van der Waals surface area contributed by atoms with Crippen molar-refractivity contribution in [3.8, 4) is 0 Å². The summed E-state index contributed by atoms with van der Waals surface area (Å²) in [7, 11) is 1.80. The maximum atomic E-state index is 11.3. The average molecular weight is 167 g/mol. The van der Waals surface area contributed by atoms with Gasteiger partial charge in [0, 0.05) is 13.6 Å². The number of hydrogen-bond acceptors (Lipinski definition) is 2. The number of rotatable bonds is 3. The van der Waals surface area contributed by atoms with Gasteiger partial charge in [0.05, 0.1) is 12.5 Å². The normalized spacial score (nSPS) is 9.83. The summed E-state index contributed by atoms with van der Waals surface area (Å²) in [6.07, 6.45) is 4.12. The molecule has 0 radical (unpaired) electrons. The molecule has 1 aromatic heterocycles. The molecule has 0 unspecified atom stereocenters. The summed E-state index contributed by atoms with van der Waals surface area (Å²) in [6, 6.07) is 0. The topological polar surface area (TPSA) is 46.9 Å². The summed E-state index contributed by atoms with van der Waals surface area (Å²) in [6.45, 7) is 2.73. The Bertz CT molecular complexity index is 267. The van der Waals surface area contributed by atoms with E-state index in [1.807, 2.05) is 6.92 Å². The van der Waals surface area contributed by atoms with E-state index in [9.17, 15) is 4.79 Å². The number of carbonyl (C=O) groups excluding carboxylic acids is 1. The SMILES string of the molecule is CCCNC(=O)c1cncn1C. The maximum absolute atomic E-state index is 11.3. The van der Waals surface area contributed by atoms with Crippen LogP contribution in [0.2, 0.25) is 0 Å². The van der Waals surface area contributed by atoms with E-state index in [4.69, 9.17) is 0 Å². The van der Waals surface area contributed by atoms with E-state index in [2.05, 4.69) is 10.3 Å². The Morgan fingerprint density at radius 2 is 2.50 bits per heavy atom. The molecule has 0 saturated heterocycles. The van der Waals surface area contributed by atoms with E-state index in [1.165, 1.54) is 0 Å². The first-order chi connectivity index (χ1) is 5.75. The number of amides is 1. The predicted octanol–water partition coefficient (Wildman–Crippen LogP) is 0.560. The van der Waals surface area contributed by atoms with E-state index in [0.29, 0.717) is 12.2 Å². The number of carbonyl (C=O) groups is 1. The number of nitrogens with one attached hydrogen (secondary N) is 1. The minimum Gasteiger partial charge on any atom is -0.351 e. The van der Waals surface area contributed by atoms with Gasteiger partial charge in [-0.05, 0) is 6.42 Å². The van der Waals surface area contributed by atoms with E-state index in [-0.39, 0.29) is 5.91 Å². The second-order valence-electron chi connectivity index (χ2n) is 2.65. The van der Waals surface area contributed by atoms with E-state index < -0.39 is 0 Å². The zero-order chi connectivity index (χ0) is 8.97. The van der Waals surface area contributed by atoms with Gasteiger partial charge in [-0.3, -0.25) is 4.79 Å². The maximum Gasteiger partial charge on any atom is 0.269 e. The summed E-state index contributed by atoms with van der Waals surface area (Å²) in [5, 5.41) is 2.78. The molecule has 0 atom stereocenters. The zero-order valence-electron chi connectivity index (χ0n) is 7.37. The summed E-state index contributed by atoms with van der Waals surface area (Å²) >= 11 is 0. The van der Waals surface area contributed by atoms with Gasteiger partial charge in [0.2, 0.25) is 0 Å². The van der Waals surface area contributed by atoms with Crippen LogP contribution in [-0.4, -0.2) is 22.0 Å². The first-order valence-corrected chi connectivity index (χ1v) is 4.00. The minimum absolute atomic E-state index is 0.0585. The van der Waals surface area contributed by atoms with Crippen LogP contribution in [0.5, 0.6) is 0 Å². The molecular formula is C8H13N3O. The molecule has 0 aliphatic rings. The smallest absolute Gasteiger partial charge is 0.269 e. The standard InChI is InChI=1S/C8H13N3O/c1-3-4-10-8(12)7-5-9-6-11(7)2/h5-6H,3-4H2,1-2H3,(H,10,12). The average Bonchev–Trinajstić information content (AvgIpc) is 2.47. The molecule has 66 valence electrons. The summed E-state index contributed by atoms with van der Waals surface area (Å²) < 4.78 is 1.70. The highest BCUT2D eigenvalue weighted by Crippen LogP contribution is 1.94. The molecule has 0 spiro atoms. The van der Waals surface area contributed by atoms with Gasteiger partial charge in [0.25, 0.3) is 5.91 Å². The fourth-order valence-electron chi connectivity index (χ4n) is 0.905. The van der Waals surface area contributed by atoms with Crippen LogP contribution in [0.1, 0.15) is 23.8 Å². The fraction of sp³-hybridized carbons (Fsp3) is 0.500. The molecule has 1 rings (SSSR count). The molecule has 0 saturated carbocycles. The molecule has 12 heavy (non-hydrogen) atoms. The number of aryl methyl sites for hydroxylation is 1. The fourth-order valence-corrected chi connectivity index (χ4v) is 0.905. The first-order valence-electron chi connectivity index (χ1n) is 4.00. The Morgan fingerprint density at radius 1 is 1.75 bits per heavy atom. The van der Waals surface area contributed by atoms with Gasteiger partial charge in [0.1, 0.15) is 5.69 Å². The monoisotopic (exact) mass is 167 g/mol. The lowest BCUT2D eigenvalue weighted by atomic mass is 10.4. The van der Waals surface area contributed by atoms with E-state index in [1.54, 1.807) is 24.1 Å². The van der Waals surface area contributed by atoms with Crippen LogP contribution in [0.3, 0.4) is 0 Å². The van der Waals surface area contributed by atoms with Crippen molar-refractivity contribution >= 4 is 5.91 Å². The van der Waals surface area contributed by atoms with E-state index >= 15 is 0 Å². The molecule has 1 amide bonds. The van der Waals surface area contributed by atoms with Crippen LogP contribution in [0.25, 0.3) is 0 Å². The highest BCUT2D eigenvalue weighted by Gasteiger charge is 2.07. The molecule has 1 aromatic rings. The number of nitrogens with zero attached hydrogens (tertiary/aromatic N) is 2. The molecule has 1 N–H and O–H groups in total. The highest BCUT2D eigenvalue weighted by molar-refractivity contribution is 5.92. The van der Waals surface area contributed by atoms with Crippen molar-refractivity contribution in [3.05, 3.63) is 18.2 Å². The molecule has 0 fully saturated rings. The van der Waals surface area contributed by atoms with Crippen molar-refractivity contribution in [2.75, 3.05) is 6.54 Å². The first kappa shape index (κ1) is 8.77. The third-order valence-corrected chi connectivity index (χ3v) is 1.58. The van der Waals surface area contributed by atoms with Crippen LogP contribution >= 0.6 is 0 Å². The van der Waals surface area contributed by atoms with Gasteiger partial charge >= 0.3 is 0 Å². The lowest BCUT2D eigenvalue weighted by Crippen LogP contribution is -2.25. The van der Waals surface area contributed by atoms with Crippen molar-refractivity contribution in [3.63, 3.8) is 0 Å². The molecule has 0 bridgehead atoms. The van der Waals surface area contributed by atoms with Gasteiger partial charge in [-0.1, -0.05) is 6.92 Å². The van der Waals surface area contributed by atoms with Crippen molar-refractivity contribution in [1.82, 2.24) is 14.9 Å². The van der Waals surface area contributed by atoms with Crippen LogP contribution < -0.4 is 5.32 Å². The van der Waals surface area contributed by atoms with Crippen molar-refractivity contribution in [1.29, 1.82) is 0 Å². The molecule has 0 aliphatic carbocycles. The van der Waals surface area contributed by atoms with Gasteiger partial charge in [-0.2, -0.15) is 0 Å². The van der Waals surface area contributed by atoms with Gasteiger partial charge < -0.3 is 9.88 Å². The van der Waals surface area contributed by atoms with Crippen molar-refractivity contribution in [2.45, 2.75) is 13.3 Å². The summed E-state index contributed by atoms with van der Waals surface area (Å²) in [5.74, 6) is -0.0585. The summed E-state index contributed by atoms with van der Waals surface area (Å²) in [5.41, 5.74) is 0.600. The minimum atomic E-state index is -0.0585. The van der Waals surface area contributed by atoms with Crippen molar-refractivity contribution in [2.24, 2.45) is 7.05 Å². The quantitative estimate of drug-likeness (QED) is 0.715. The number of aromatic nitrogens is 2. The zero-order valence-corrected chi connectivity index (χ0v) is 7.37. The van der Waals surface area contributed by atoms with Crippen LogP contribution in [0, 0.1) is 0 Å². The van der Waals surface area contributed by atoms with Crippen LogP contribution in [-0.2, 0) is 7.05 Å². The molecule has 4 nitrogen and oxygen atoms in total. The lowest BCUT2D eigenvalue weighted by molar-refractivity contribution is 0.0945. The van der Waals surface area contributed by atoms with Crippen LogP contribution in [0.15, 0.2) is 12.5 Å². The molecule has 0 aromatic carbocycles. The lowest BCUT2D eigenvalue weighted by Gasteiger charge is -2.02. The Labute approximate surface area is 71.6 Å². The third-order valence-electron chi connectivity index (χ3n) is 1.58. The van der Waals surface area contributed by atoms with Crippen molar-refractivity contribution < 1.29 is 4.79 Å². The second kappa shape index (κ2) is 3.90. The highest BCUT2D eigenvalue weighted by atomic mass is 16.1. The summed E-state index contributed by atoms with van der Waals surface area (Å²) in [4.78, 5) is 15.2. The Hall–Kier alpha value is -1.32. The Balaban J connectivity index is 2.59. The van der Waals surface area contributed by atoms with Crippen LogP contribution in [0.4, 0.5) is 0 Å². The largest absolute Gasteiger partial charge is 0.351 e. The second-order valence-corrected chi connectivity index (χ2v) is 2.65. The Morgan fingerprint density at radius 3 is 3.00 bits per heavy atom. The van der Waals surface area contributed by atoms with E-state index in [0.717, 1.165) is 6.42 Å².